The summed E-state index contributed by atoms with van der Waals surface area (Å²) in [5, 5.41) is 10.7. The molecule has 0 spiro atoms. The summed E-state index contributed by atoms with van der Waals surface area (Å²) in [6.07, 6.45) is 0. The van der Waals surface area contributed by atoms with E-state index < -0.39 is 16.5 Å². The lowest BCUT2D eigenvalue weighted by molar-refractivity contribution is -0.384. The van der Waals surface area contributed by atoms with Crippen LogP contribution in [0.5, 0.6) is 5.75 Å². The van der Waals surface area contributed by atoms with Crippen molar-refractivity contribution in [2.45, 2.75) is 0 Å². The number of ketones is 1. The molecule has 0 radical (unpaired) electrons. The second-order valence-corrected chi connectivity index (χ2v) is 4.95. The predicted octanol–water partition coefficient (Wildman–Crippen LogP) is 3.76. The summed E-state index contributed by atoms with van der Waals surface area (Å²) >= 11 is 3.12. The van der Waals surface area contributed by atoms with Crippen molar-refractivity contribution < 1.29 is 18.8 Å². The van der Waals surface area contributed by atoms with Crippen LogP contribution in [-0.2, 0) is 0 Å². The summed E-state index contributed by atoms with van der Waals surface area (Å²) in [4.78, 5) is 22.0. The lowest BCUT2D eigenvalue weighted by Gasteiger charge is -2.07. The lowest BCUT2D eigenvalue weighted by atomic mass is 10.1. The number of nitro groups is 1. The van der Waals surface area contributed by atoms with Gasteiger partial charge in [-0.15, -0.1) is 0 Å². The Kier molecular flexibility index (Phi) is 4.64. The van der Waals surface area contributed by atoms with Crippen LogP contribution >= 0.6 is 15.9 Å². The van der Waals surface area contributed by atoms with Gasteiger partial charge < -0.3 is 4.74 Å². The normalized spacial score (nSPS) is 10.2. The summed E-state index contributed by atoms with van der Waals surface area (Å²) in [5.41, 5.74) is 0.0197. The fourth-order valence-electron chi connectivity index (χ4n) is 1.61. The first-order chi connectivity index (χ1) is 9.97. The van der Waals surface area contributed by atoms with Gasteiger partial charge in [0.05, 0.1) is 9.40 Å². The zero-order chi connectivity index (χ0) is 15.4. The molecule has 0 N–H and O–H groups in total. The van der Waals surface area contributed by atoms with Crippen LogP contribution < -0.4 is 4.74 Å². The summed E-state index contributed by atoms with van der Waals surface area (Å²) in [5.74, 6) is -0.524. The Labute approximate surface area is 127 Å². The third-order valence-corrected chi connectivity index (χ3v) is 3.25. The number of carbonyl (C=O) groups is 1. The van der Waals surface area contributed by atoms with Crippen molar-refractivity contribution in [2.24, 2.45) is 0 Å². The van der Waals surface area contributed by atoms with E-state index in [0.29, 0.717) is 10.2 Å². The molecule has 0 unspecified atom stereocenters. The minimum absolute atomic E-state index is 0.163. The molecular weight excluding hydrogens is 345 g/mol. The molecule has 108 valence electrons. The Hall–Kier alpha value is -2.28. The van der Waals surface area contributed by atoms with Gasteiger partial charge in [0.2, 0.25) is 0 Å². The van der Waals surface area contributed by atoms with E-state index >= 15 is 0 Å². The average Bonchev–Trinajstić information content (AvgIpc) is 2.46. The highest BCUT2D eigenvalue weighted by Gasteiger charge is 2.13. The standard InChI is InChI=1S/C14H9BrFNO4/c15-12-7-10(16)4-5-14(12)21-8-13(18)9-2-1-3-11(6-9)17(19)20/h1-7H,8H2. The van der Waals surface area contributed by atoms with E-state index in [-0.39, 0.29) is 17.9 Å². The molecule has 0 atom stereocenters. The van der Waals surface area contributed by atoms with Gasteiger partial charge >= 0.3 is 0 Å². The van der Waals surface area contributed by atoms with Gasteiger partial charge in [-0.25, -0.2) is 4.39 Å². The molecule has 0 saturated carbocycles. The lowest BCUT2D eigenvalue weighted by Crippen LogP contribution is -2.12. The van der Waals surface area contributed by atoms with Gasteiger partial charge in [0.1, 0.15) is 11.6 Å². The zero-order valence-electron chi connectivity index (χ0n) is 10.6. The number of carbonyl (C=O) groups excluding carboxylic acids is 1. The van der Waals surface area contributed by atoms with Gasteiger partial charge in [0.25, 0.3) is 5.69 Å². The molecule has 0 saturated heterocycles. The number of nitro benzene ring substituents is 1. The number of Topliss-reactive ketones (excluding diaryl/α,β-unsaturated/α-hetero) is 1. The number of ether oxygens (including phenoxy) is 1. The molecule has 0 bridgehead atoms. The fraction of sp³-hybridized carbons (Fsp3) is 0.0714. The van der Waals surface area contributed by atoms with Crippen molar-refractivity contribution in [3.8, 4) is 5.75 Å². The second kappa shape index (κ2) is 6.45. The molecule has 0 heterocycles. The first-order valence-corrected chi connectivity index (χ1v) is 6.62. The summed E-state index contributed by atoms with van der Waals surface area (Å²) < 4.78 is 18.6. The maximum absolute atomic E-state index is 12.9. The van der Waals surface area contributed by atoms with Crippen LogP contribution in [0.25, 0.3) is 0 Å². The van der Waals surface area contributed by atoms with Crippen LogP contribution in [0.4, 0.5) is 10.1 Å². The molecule has 2 aromatic rings. The number of non-ortho nitro benzene ring substituents is 1. The number of rotatable bonds is 5. The zero-order valence-corrected chi connectivity index (χ0v) is 12.2. The molecule has 0 aromatic heterocycles. The maximum Gasteiger partial charge on any atom is 0.270 e. The Morgan fingerprint density at radius 3 is 2.71 bits per heavy atom. The van der Waals surface area contributed by atoms with Gasteiger partial charge in [-0.05, 0) is 34.1 Å². The van der Waals surface area contributed by atoms with Crippen molar-refractivity contribution >= 4 is 27.4 Å². The van der Waals surface area contributed by atoms with E-state index in [0.717, 1.165) is 0 Å². The van der Waals surface area contributed by atoms with Crippen LogP contribution in [0.1, 0.15) is 10.4 Å². The maximum atomic E-state index is 12.9. The molecule has 21 heavy (non-hydrogen) atoms. The van der Waals surface area contributed by atoms with E-state index in [1.54, 1.807) is 0 Å². The fourth-order valence-corrected chi connectivity index (χ4v) is 2.08. The van der Waals surface area contributed by atoms with E-state index in [4.69, 9.17) is 4.74 Å². The molecule has 5 nitrogen and oxygen atoms in total. The Balaban J connectivity index is 2.08. The van der Waals surface area contributed by atoms with Crippen molar-refractivity contribution in [3.05, 3.63) is 68.4 Å². The molecule has 0 aliphatic rings. The van der Waals surface area contributed by atoms with Gasteiger partial charge in [0.15, 0.2) is 12.4 Å². The molecule has 0 aliphatic carbocycles. The highest BCUT2D eigenvalue weighted by molar-refractivity contribution is 9.10. The minimum Gasteiger partial charge on any atom is -0.484 e. The van der Waals surface area contributed by atoms with Crippen LogP contribution in [0.3, 0.4) is 0 Å². The Morgan fingerprint density at radius 1 is 1.29 bits per heavy atom. The number of hydrogen-bond donors (Lipinski definition) is 0. The smallest absolute Gasteiger partial charge is 0.270 e. The van der Waals surface area contributed by atoms with Crippen molar-refractivity contribution in [2.75, 3.05) is 6.61 Å². The van der Waals surface area contributed by atoms with Crippen LogP contribution in [0.2, 0.25) is 0 Å². The average molecular weight is 354 g/mol. The van der Waals surface area contributed by atoms with Crippen LogP contribution in [-0.4, -0.2) is 17.3 Å². The number of benzene rings is 2. The highest BCUT2D eigenvalue weighted by atomic mass is 79.9. The van der Waals surface area contributed by atoms with Crippen LogP contribution in [0.15, 0.2) is 46.9 Å². The molecule has 2 aromatic carbocycles. The first-order valence-electron chi connectivity index (χ1n) is 5.83. The summed E-state index contributed by atoms with van der Waals surface area (Å²) in [6, 6.07) is 9.20. The topological polar surface area (TPSA) is 69.4 Å². The Morgan fingerprint density at radius 2 is 2.05 bits per heavy atom. The van der Waals surface area contributed by atoms with Gasteiger partial charge in [-0.1, -0.05) is 12.1 Å². The minimum atomic E-state index is -0.575. The molecule has 7 heteroatoms. The number of hydrogen-bond acceptors (Lipinski definition) is 4. The largest absolute Gasteiger partial charge is 0.484 e. The predicted molar refractivity (Wildman–Crippen MR) is 77.0 cm³/mol. The van der Waals surface area contributed by atoms with Crippen molar-refractivity contribution in [1.82, 2.24) is 0 Å². The monoisotopic (exact) mass is 353 g/mol. The number of halogens is 2. The highest BCUT2D eigenvalue weighted by Crippen LogP contribution is 2.25. The van der Waals surface area contributed by atoms with Gasteiger partial charge in [0, 0.05) is 17.7 Å². The third-order valence-electron chi connectivity index (χ3n) is 2.63. The van der Waals surface area contributed by atoms with E-state index in [1.165, 1.54) is 42.5 Å². The van der Waals surface area contributed by atoms with Gasteiger partial charge in [-0.2, -0.15) is 0 Å². The SMILES string of the molecule is O=C(COc1ccc(F)cc1Br)c1cccc([N+](=O)[O-])c1. The second-order valence-electron chi connectivity index (χ2n) is 4.09. The quantitative estimate of drug-likeness (QED) is 0.466. The summed E-state index contributed by atoms with van der Waals surface area (Å²) in [6.45, 7) is -0.300. The molecule has 0 amide bonds. The van der Waals surface area contributed by atoms with Crippen molar-refractivity contribution in [3.63, 3.8) is 0 Å². The van der Waals surface area contributed by atoms with E-state index in [9.17, 15) is 19.3 Å². The van der Waals surface area contributed by atoms with Crippen molar-refractivity contribution in [1.29, 1.82) is 0 Å². The number of nitrogens with zero attached hydrogens (tertiary/aromatic N) is 1. The van der Waals surface area contributed by atoms with Crippen LogP contribution in [0, 0.1) is 15.9 Å². The van der Waals surface area contributed by atoms with E-state index in [2.05, 4.69) is 15.9 Å². The molecule has 2 rings (SSSR count). The Bertz CT molecular complexity index is 705. The molecular formula is C14H9BrFNO4. The first kappa shape index (κ1) is 15.1. The van der Waals surface area contributed by atoms with Gasteiger partial charge in [-0.3, -0.25) is 14.9 Å². The third kappa shape index (κ3) is 3.85. The van der Waals surface area contributed by atoms with E-state index in [1.807, 2.05) is 0 Å². The summed E-state index contributed by atoms with van der Waals surface area (Å²) in [7, 11) is 0. The molecule has 0 fully saturated rings. The molecule has 0 aliphatic heterocycles.